The quantitative estimate of drug-likeness (QED) is 0.699. The number of halogens is 2. The Morgan fingerprint density at radius 2 is 1.83 bits per heavy atom. The van der Waals surface area contributed by atoms with Crippen molar-refractivity contribution >= 4 is 33.4 Å². The van der Waals surface area contributed by atoms with Crippen molar-refractivity contribution < 1.29 is 4.79 Å². The molecule has 5 atom stereocenters. The fourth-order valence-electron chi connectivity index (χ4n) is 5.60. The Balaban J connectivity index is 1.51. The van der Waals surface area contributed by atoms with E-state index in [1.807, 2.05) is 12.1 Å². The molecule has 4 fully saturated rings. The van der Waals surface area contributed by atoms with Gasteiger partial charge in [0.15, 0.2) is 0 Å². The zero-order valence-corrected chi connectivity index (χ0v) is 15.8. The summed E-state index contributed by atoms with van der Waals surface area (Å²) in [6, 6.07) is 8.22. The van der Waals surface area contributed by atoms with Gasteiger partial charge in [-0.25, -0.2) is 0 Å². The van der Waals surface area contributed by atoms with E-state index >= 15 is 0 Å². The maximum atomic E-state index is 13.1. The van der Waals surface area contributed by atoms with Crippen molar-refractivity contribution in [3.05, 3.63) is 34.3 Å². The van der Waals surface area contributed by atoms with Gasteiger partial charge in [0.1, 0.15) is 0 Å². The largest absolute Gasteiger partial charge is 0.349 e. The normalized spacial score (nSPS) is 39.3. The van der Waals surface area contributed by atoms with E-state index in [1.54, 1.807) is 0 Å². The van der Waals surface area contributed by atoms with Crippen molar-refractivity contribution in [3.8, 4) is 0 Å². The average Bonchev–Trinajstić information content (AvgIpc) is 2.45. The molecule has 4 heteroatoms. The number of alkyl halides is 1. The smallest absolute Gasteiger partial charge is 0.226 e. The van der Waals surface area contributed by atoms with Gasteiger partial charge in [0.05, 0.1) is 11.5 Å². The first-order valence-corrected chi connectivity index (χ1v) is 9.80. The first-order chi connectivity index (χ1) is 10.9. The Morgan fingerprint density at radius 1 is 1.22 bits per heavy atom. The van der Waals surface area contributed by atoms with E-state index in [4.69, 9.17) is 11.6 Å². The van der Waals surface area contributed by atoms with Crippen molar-refractivity contribution in [2.24, 2.45) is 17.3 Å². The van der Waals surface area contributed by atoms with Crippen LogP contribution in [0.1, 0.15) is 57.1 Å². The molecule has 0 saturated heterocycles. The molecule has 0 spiro atoms. The summed E-state index contributed by atoms with van der Waals surface area (Å²) in [6.07, 6.45) is 6.46. The number of benzene rings is 1. The molecular formula is C19H23BrClNO. The minimum atomic E-state index is -0.213. The summed E-state index contributed by atoms with van der Waals surface area (Å²) in [7, 11) is 0. The van der Waals surface area contributed by atoms with Gasteiger partial charge in [-0.05, 0) is 75.0 Å². The molecule has 124 valence electrons. The van der Waals surface area contributed by atoms with Crippen LogP contribution in [-0.4, -0.2) is 10.8 Å². The Labute approximate surface area is 151 Å². The van der Waals surface area contributed by atoms with Crippen molar-refractivity contribution in [1.82, 2.24) is 5.32 Å². The van der Waals surface area contributed by atoms with Crippen LogP contribution in [-0.2, 0) is 4.79 Å². The van der Waals surface area contributed by atoms with Crippen LogP contribution in [0.3, 0.4) is 0 Å². The SMILES string of the molecule is C[C@H](NC(=O)C12C[C@@H]3C[C@@H](CC(Cl)(C3)C1)C2)c1ccc(Br)cc1. The Bertz CT molecular complexity index is 615. The van der Waals surface area contributed by atoms with Crippen molar-refractivity contribution in [1.29, 1.82) is 0 Å². The number of carbonyl (C=O) groups is 1. The van der Waals surface area contributed by atoms with Gasteiger partial charge in [-0.2, -0.15) is 0 Å². The van der Waals surface area contributed by atoms with Gasteiger partial charge in [-0.15, -0.1) is 11.6 Å². The van der Waals surface area contributed by atoms with Crippen LogP contribution in [0.4, 0.5) is 0 Å². The molecule has 0 radical (unpaired) electrons. The van der Waals surface area contributed by atoms with Gasteiger partial charge in [0.25, 0.3) is 0 Å². The highest BCUT2D eigenvalue weighted by Crippen LogP contribution is 2.63. The zero-order valence-electron chi connectivity index (χ0n) is 13.4. The van der Waals surface area contributed by atoms with E-state index in [9.17, 15) is 4.79 Å². The van der Waals surface area contributed by atoms with E-state index in [-0.39, 0.29) is 22.2 Å². The average molecular weight is 397 g/mol. The van der Waals surface area contributed by atoms with E-state index in [0.29, 0.717) is 11.8 Å². The van der Waals surface area contributed by atoms with E-state index in [2.05, 4.69) is 40.3 Å². The lowest BCUT2D eigenvalue weighted by Gasteiger charge is -2.59. The molecule has 23 heavy (non-hydrogen) atoms. The minimum absolute atomic E-state index is 0.0369. The van der Waals surface area contributed by atoms with Crippen LogP contribution in [0.25, 0.3) is 0 Å². The Morgan fingerprint density at radius 3 is 2.39 bits per heavy atom. The van der Waals surface area contributed by atoms with Gasteiger partial charge in [-0.1, -0.05) is 28.1 Å². The number of carbonyl (C=O) groups excluding carboxylic acids is 1. The second-order valence-corrected chi connectivity index (χ2v) is 9.86. The first kappa shape index (κ1) is 16.0. The lowest BCUT2D eigenvalue weighted by molar-refractivity contribution is -0.145. The maximum absolute atomic E-state index is 13.1. The van der Waals surface area contributed by atoms with E-state index in [1.165, 1.54) is 6.42 Å². The van der Waals surface area contributed by atoms with Crippen LogP contribution in [0.5, 0.6) is 0 Å². The fraction of sp³-hybridized carbons (Fsp3) is 0.632. The number of nitrogens with one attached hydrogen (secondary N) is 1. The summed E-state index contributed by atoms with van der Waals surface area (Å²) < 4.78 is 1.06. The zero-order chi connectivity index (χ0) is 16.2. The fourth-order valence-corrected chi connectivity index (χ4v) is 6.56. The summed E-state index contributed by atoms with van der Waals surface area (Å²) in [5.74, 6) is 1.54. The molecule has 1 N–H and O–H groups in total. The van der Waals surface area contributed by atoms with Crippen LogP contribution in [0, 0.1) is 17.3 Å². The summed E-state index contributed by atoms with van der Waals surface area (Å²) in [5, 5.41) is 3.28. The van der Waals surface area contributed by atoms with Gasteiger partial charge in [-0.3, -0.25) is 4.79 Å². The molecule has 2 unspecified atom stereocenters. The molecule has 4 bridgehead atoms. The van der Waals surface area contributed by atoms with Gasteiger partial charge in [0.2, 0.25) is 5.91 Å². The molecule has 1 aromatic carbocycles. The lowest BCUT2D eigenvalue weighted by Crippen LogP contribution is -2.58. The topological polar surface area (TPSA) is 29.1 Å². The van der Waals surface area contributed by atoms with Gasteiger partial charge >= 0.3 is 0 Å². The molecule has 0 aliphatic heterocycles. The third kappa shape index (κ3) is 2.84. The van der Waals surface area contributed by atoms with Crippen LogP contribution in [0.2, 0.25) is 0 Å². The summed E-state index contributed by atoms with van der Waals surface area (Å²) in [6.45, 7) is 2.07. The Hall–Kier alpha value is -0.540. The summed E-state index contributed by atoms with van der Waals surface area (Å²) in [4.78, 5) is 13.0. The molecule has 4 saturated carbocycles. The molecule has 5 rings (SSSR count). The third-order valence-corrected chi connectivity index (χ3v) is 7.16. The van der Waals surface area contributed by atoms with Crippen LogP contribution >= 0.6 is 27.5 Å². The number of hydrogen-bond acceptors (Lipinski definition) is 1. The molecular weight excluding hydrogens is 374 g/mol. The predicted octanol–water partition coefficient (Wildman–Crippen LogP) is 5.20. The van der Waals surface area contributed by atoms with Crippen molar-refractivity contribution in [3.63, 3.8) is 0 Å². The molecule has 0 heterocycles. The van der Waals surface area contributed by atoms with Crippen molar-refractivity contribution in [2.75, 3.05) is 0 Å². The van der Waals surface area contributed by atoms with Crippen LogP contribution in [0.15, 0.2) is 28.7 Å². The third-order valence-electron chi connectivity index (χ3n) is 6.19. The highest BCUT2D eigenvalue weighted by atomic mass is 79.9. The highest BCUT2D eigenvalue weighted by Gasteiger charge is 2.60. The minimum Gasteiger partial charge on any atom is -0.349 e. The lowest BCUT2D eigenvalue weighted by atomic mass is 9.49. The summed E-state index contributed by atoms with van der Waals surface area (Å²) in [5.41, 5.74) is 0.932. The Kier molecular flexibility index (Phi) is 3.81. The van der Waals surface area contributed by atoms with Gasteiger partial charge < -0.3 is 5.32 Å². The predicted molar refractivity (Wildman–Crippen MR) is 96.4 cm³/mol. The number of rotatable bonds is 3. The molecule has 0 aromatic heterocycles. The second-order valence-electron chi connectivity index (χ2n) is 8.14. The number of hydrogen-bond donors (Lipinski definition) is 1. The summed E-state index contributed by atoms with van der Waals surface area (Å²) >= 11 is 10.3. The van der Waals surface area contributed by atoms with Crippen molar-refractivity contribution in [2.45, 2.75) is 56.4 Å². The van der Waals surface area contributed by atoms with Gasteiger partial charge in [0, 0.05) is 9.35 Å². The number of amides is 1. The van der Waals surface area contributed by atoms with E-state index in [0.717, 1.165) is 42.1 Å². The maximum Gasteiger partial charge on any atom is 0.226 e. The molecule has 1 aromatic rings. The van der Waals surface area contributed by atoms with Crippen LogP contribution < -0.4 is 5.32 Å². The standard InChI is InChI=1S/C19H23BrClNO/c1-12(15-2-4-16(20)5-3-15)22-17(23)18-7-13-6-14(8-18)10-19(21,9-13)11-18/h2-5,12-14H,6-11H2,1H3,(H,22,23)/t12-,13-,14+,18?,19?/m0/s1. The highest BCUT2D eigenvalue weighted by molar-refractivity contribution is 9.10. The molecule has 4 aliphatic rings. The molecule has 1 amide bonds. The second kappa shape index (κ2) is 5.49. The molecule has 4 aliphatic carbocycles. The first-order valence-electron chi connectivity index (χ1n) is 8.63. The molecule has 2 nitrogen and oxygen atoms in total. The van der Waals surface area contributed by atoms with E-state index < -0.39 is 0 Å². The monoisotopic (exact) mass is 395 g/mol.